The Morgan fingerprint density at radius 3 is 2.88 bits per heavy atom. The Balaban J connectivity index is 1.68. The molecule has 1 saturated carbocycles. The van der Waals surface area contributed by atoms with Crippen molar-refractivity contribution in [1.29, 1.82) is 0 Å². The quantitative estimate of drug-likeness (QED) is 0.585. The highest BCUT2D eigenvalue weighted by atomic mass is 79.9. The smallest absolute Gasteiger partial charge is 0.233 e. The van der Waals surface area contributed by atoms with Crippen LogP contribution in [0.15, 0.2) is 33.9 Å². The Morgan fingerprint density at radius 1 is 1.42 bits per heavy atom. The average molecular weight is 410 g/mol. The van der Waals surface area contributed by atoms with Crippen LogP contribution in [0.5, 0.6) is 0 Å². The molecule has 1 atom stereocenters. The van der Waals surface area contributed by atoms with Gasteiger partial charge < -0.3 is 11.2 Å². The lowest BCUT2D eigenvalue weighted by atomic mass is 10.2. The van der Waals surface area contributed by atoms with Gasteiger partial charge in [-0.15, -0.1) is 10.2 Å². The molecule has 24 heavy (non-hydrogen) atoms. The first-order valence-corrected chi connectivity index (χ1v) is 9.65. The van der Waals surface area contributed by atoms with E-state index in [2.05, 4.69) is 31.4 Å². The van der Waals surface area contributed by atoms with Gasteiger partial charge in [-0.25, -0.2) is 4.68 Å². The summed E-state index contributed by atoms with van der Waals surface area (Å²) >= 11 is 4.76. The van der Waals surface area contributed by atoms with Crippen LogP contribution in [-0.4, -0.2) is 32.1 Å². The minimum atomic E-state index is -0.271. The predicted molar refractivity (Wildman–Crippen MR) is 99.0 cm³/mol. The first-order chi connectivity index (χ1) is 11.5. The molecule has 1 aromatic carbocycles. The maximum atomic E-state index is 12.3. The van der Waals surface area contributed by atoms with Crippen molar-refractivity contribution in [3.05, 3.63) is 28.7 Å². The third-order valence-electron chi connectivity index (χ3n) is 4.10. The zero-order valence-electron chi connectivity index (χ0n) is 13.4. The molecule has 1 aliphatic carbocycles. The van der Waals surface area contributed by atoms with Crippen LogP contribution < -0.4 is 11.2 Å². The van der Waals surface area contributed by atoms with Crippen molar-refractivity contribution in [3.63, 3.8) is 0 Å². The molecule has 3 rings (SSSR count). The van der Waals surface area contributed by atoms with Gasteiger partial charge >= 0.3 is 0 Å². The summed E-state index contributed by atoms with van der Waals surface area (Å²) in [6.07, 6.45) is 4.53. The van der Waals surface area contributed by atoms with E-state index in [-0.39, 0.29) is 11.2 Å². The summed E-state index contributed by atoms with van der Waals surface area (Å²) in [5.74, 6) is 6.72. The molecule has 0 spiro atoms. The molecule has 128 valence electrons. The number of nitrogen functional groups attached to an aromatic ring is 1. The Hall–Kier alpha value is -1.54. The first kappa shape index (κ1) is 17.3. The van der Waals surface area contributed by atoms with E-state index in [1.165, 1.54) is 29.3 Å². The number of benzene rings is 1. The molecule has 3 N–H and O–H groups in total. The van der Waals surface area contributed by atoms with Gasteiger partial charge in [0.1, 0.15) is 0 Å². The number of nitrogens with two attached hydrogens (primary N) is 1. The summed E-state index contributed by atoms with van der Waals surface area (Å²) in [6, 6.07) is 8.01. The predicted octanol–water partition coefficient (Wildman–Crippen LogP) is 2.96. The Labute approximate surface area is 153 Å². The first-order valence-electron chi connectivity index (χ1n) is 7.98. The number of carbonyl (C=O) groups is 1. The van der Waals surface area contributed by atoms with Crippen LogP contribution in [-0.2, 0) is 4.79 Å². The summed E-state index contributed by atoms with van der Waals surface area (Å²) in [5, 5.41) is 11.6. The Kier molecular flexibility index (Phi) is 5.45. The van der Waals surface area contributed by atoms with Crippen LogP contribution in [0.3, 0.4) is 0 Å². The zero-order chi connectivity index (χ0) is 17.1. The number of hydrogen-bond acceptors (Lipinski definition) is 5. The van der Waals surface area contributed by atoms with Gasteiger partial charge in [0.2, 0.25) is 11.1 Å². The number of halogens is 1. The number of rotatable bonds is 5. The Morgan fingerprint density at radius 2 is 2.17 bits per heavy atom. The van der Waals surface area contributed by atoms with Gasteiger partial charge in [-0.3, -0.25) is 4.79 Å². The van der Waals surface area contributed by atoms with Gasteiger partial charge in [0.05, 0.1) is 5.25 Å². The summed E-state index contributed by atoms with van der Waals surface area (Å²) in [6.45, 7) is 1.86. The fraction of sp³-hybridized carbons (Fsp3) is 0.438. The lowest BCUT2D eigenvalue weighted by Crippen LogP contribution is -2.37. The molecule has 1 amide bonds. The van der Waals surface area contributed by atoms with E-state index >= 15 is 0 Å². The van der Waals surface area contributed by atoms with Crippen LogP contribution in [0.2, 0.25) is 0 Å². The maximum absolute atomic E-state index is 12.3. The van der Waals surface area contributed by atoms with Gasteiger partial charge in [0.15, 0.2) is 5.82 Å². The average Bonchev–Trinajstić information content (AvgIpc) is 3.18. The van der Waals surface area contributed by atoms with Crippen LogP contribution in [0.25, 0.3) is 11.4 Å². The largest absolute Gasteiger partial charge is 0.352 e. The van der Waals surface area contributed by atoms with Gasteiger partial charge in [0.25, 0.3) is 0 Å². The number of nitrogens with one attached hydrogen (secondary N) is 1. The molecular weight excluding hydrogens is 390 g/mol. The van der Waals surface area contributed by atoms with Crippen molar-refractivity contribution in [2.45, 2.75) is 49.1 Å². The number of nitrogens with zero attached hydrogens (tertiary/aromatic N) is 3. The van der Waals surface area contributed by atoms with Crippen LogP contribution >= 0.6 is 27.7 Å². The number of carbonyl (C=O) groups excluding carboxylic acids is 1. The molecule has 8 heteroatoms. The van der Waals surface area contributed by atoms with Gasteiger partial charge in [-0.2, -0.15) is 0 Å². The topological polar surface area (TPSA) is 85.8 Å². The van der Waals surface area contributed by atoms with E-state index in [9.17, 15) is 4.79 Å². The Bertz CT molecular complexity index is 729. The number of thioether (sulfide) groups is 1. The molecule has 0 bridgehead atoms. The van der Waals surface area contributed by atoms with E-state index in [4.69, 9.17) is 5.84 Å². The molecule has 1 fully saturated rings. The molecule has 0 radical (unpaired) electrons. The lowest BCUT2D eigenvalue weighted by Gasteiger charge is -2.15. The van der Waals surface area contributed by atoms with Gasteiger partial charge in [0, 0.05) is 16.1 Å². The third kappa shape index (κ3) is 3.92. The van der Waals surface area contributed by atoms with Crippen molar-refractivity contribution in [3.8, 4) is 11.4 Å². The second-order valence-electron chi connectivity index (χ2n) is 5.94. The number of aromatic nitrogens is 3. The molecular formula is C16H20BrN5OS. The van der Waals surface area contributed by atoms with Crippen molar-refractivity contribution >= 4 is 33.6 Å². The zero-order valence-corrected chi connectivity index (χ0v) is 15.8. The summed E-state index contributed by atoms with van der Waals surface area (Å²) < 4.78 is 2.38. The molecule has 0 unspecified atom stereocenters. The minimum Gasteiger partial charge on any atom is -0.352 e. The molecule has 1 aliphatic rings. The van der Waals surface area contributed by atoms with Crippen LogP contribution in [0.1, 0.15) is 32.6 Å². The third-order valence-corrected chi connectivity index (χ3v) is 5.65. The highest BCUT2D eigenvalue weighted by Gasteiger charge is 2.23. The lowest BCUT2D eigenvalue weighted by molar-refractivity contribution is -0.120. The minimum absolute atomic E-state index is 0.0268. The van der Waals surface area contributed by atoms with Crippen molar-refractivity contribution in [2.75, 3.05) is 5.84 Å². The molecule has 0 saturated heterocycles. The summed E-state index contributed by atoms with van der Waals surface area (Å²) in [7, 11) is 0. The molecule has 0 aliphatic heterocycles. The van der Waals surface area contributed by atoms with Crippen molar-refractivity contribution in [2.24, 2.45) is 0 Å². The SMILES string of the molecule is C[C@@H](Sc1nnc(-c2cccc(Br)c2)n1N)C(=O)NC1CCCC1. The summed E-state index contributed by atoms with van der Waals surface area (Å²) in [4.78, 5) is 12.3. The molecule has 6 nitrogen and oxygen atoms in total. The van der Waals surface area contributed by atoms with Crippen LogP contribution in [0.4, 0.5) is 0 Å². The van der Waals surface area contributed by atoms with E-state index in [1.54, 1.807) is 0 Å². The number of amides is 1. The summed E-state index contributed by atoms with van der Waals surface area (Å²) in [5.41, 5.74) is 0.870. The molecule has 2 aromatic rings. The molecule has 1 aromatic heterocycles. The second kappa shape index (κ2) is 7.57. The monoisotopic (exact) mass is 409 g/mol. The van der Waals surface area contributed by atoms with Crippen molar-refractivity contribution in [1.82, 2.24) is 20.2 Å². The highest BCUT2D eigenvalue weighted by Crippen LogP contribution is 2.26. The van der Waals surface area contributed by atoms with Gasteiger partial charge in [-0.05, 0) is 31.9 Å². The van der Waals surface area contributed by atoms with Gasteiger partial charge in [-0.1, -0.05) is 52.7 Å². The fourth-order valence-corrected chi connectivity index (χ4v) is 3.96. The number of hydrogen-bond donors (Lipinski definition) is 2. The van der Waals surface area contributed by atoms with Crippen LogP contribution in [0, 0.1) is 0 Å². The van der Waals surface area contributed by atoms with E-state index in [0.29, 0.717) is 17.0 Å². The highest BCUT2D eigenvalue weighted by molar-refractivity contribution is 9.10. The molecule has 1 heterocycles. The standard InChI is InChI=1S/C16H20BrN5OS/c1-10(15(23)19-13-7-2-3-8-13)24-16-21-20-14(22(16)18)11-5-4-6-12(17)9-11/h4-6,9-10,13H,2-3,7-8,18H2,1H3,(H,19,23)/t10-/m1/s1. The normalized spacial score (nSPS) is 16.2. The fourth-order valence-electron chi connectivity index (χ4n) is 2.78. The van der Waals surface area contributed by atoms with E-state index in [0.717, 1.165) is 22.9 Å². The maximum Gasteiger partial charge on any atom is 0.233 e. The second-order valence-corrected chi connectivity index (χ2v) is 8.16. The van der Waals surface area contributed by atoms with Crippen molar-refractivity contribution < 1.29 is 4.79 Å². The van der Waals surface area contributed by atoms with E-state index < -0.39 is 0 Å². The van der Waals surface area contributed by atoms with E-state index in [1.807, 2.05) is 31.2 Å².